The topological polar surface area (TPSA) is 123 Å². The van der Waals surface area contributed by atoms with Gasteiger partial charge in [0.1, 0.15) is 12.9 Å². The van der Waals surface area contributed by atoms with Crippen LogP contribution in [0.4, 0.5) is 0 Å². The molecule has 11 heteroatoms. The molecule has 1 aliphatic rings. The first kappa shape index (κ1) is 24.7. The van der Waals surface area contributed by atoms with Crippen LogP contribution in [-0.2, 0) is 26.1 Å². The summed E-state index contributed by atoms with van der Waals surface area (Å²) in [4.78, 5) is 16.2. The summed E-state index contributed by atoms with van der Waals surface area (Å²) >= 11 is 0. The Morgan fingerprint density at radius 2 is 2.03 bits per heavy atom. The molecule has 0 bridgehead atoms. The predicted molar refractivity (Wildman–Crippen MR) is 130 cm³/mol. The second-order valence-corrected chi connectivity index (χ2v) is 10.3. The van der Waals surface area contributed by atoms with Crippen LogP contribution in [0.25, 0.3) is 10.9 Å². The second-order valence-electron chi connectivity index (χ2n) is 8.40. The smallest absolute Gasteiger partial charge is 0.309 e. The van der Waals surface area contributed by atoms with Gasteiger partial charge in [-0.3, -0.25) is 9.48 Å². The Hall–Kier alpha value is -3.44. The van der Waals surface area contributed by atoms with Crippen molar-refractivity contribution in [3.05, 3.63) is 53.7 Å². The Bertz CT molecular complexity index is 1370. The normalized spacial score (nSPS) is 18.9. The zero-order valence-electron chi connectivity index (χ0n) is 19.8. The van der Waals surface area contributed by atoms with E-state index in [0.29, 0.717) is 30.2 Å². The van der Waals surface area contributed by atoms with E-state index in [1.165, 1.54) is 23.7 Å². The van der Waals surface area contributed by atoms with Gasteiger partial charge in [0.2, 0.25) is 10.0 Å². The van der Waals surface area contributed by atoms with Gasteiger partial charge in [0.05, 0.1) is 41.4 Å². The number of ether oxygens (including phenoxy) is 1. The summed E-state index contributed by atoms with van der Waals surface area (Å²) in [6.45, 7) is 4.76. The first-order valence-electron chi connectivity index (χ1n) is 11.3. The molecule has 1 aromatic heterocycles. The first-order valence-corrected chi connectivity index (χ1v) is 12.7. The number of carboxylic acid groups (broad SMARTS) is 1. The zero-order chi connectivity index (χ0) is 25.2. The van der Waals surface area contributed by atoms with Crippen LogP contribution < -0.4 is 4.74 Å². The summed E-state index contributed by atoms with van der Waals surface area (Å²) in [5.74, 6) is -0.486. The highest BCUT2D eigenvalue weighted by Crippen LogP contribution is 2.35. The van der Waals surface area contributed by atoms with E-state index >= 15 is 0 Å². The molecule has 4 rings (SSSR count). The van der Waals surface area contributed by atoms with Crippen LogP contribution in [-0.4, -0.2) is 66.6 Å². The van der Waals surface area contributed by atoms with E-state index in [9.17, 15) is 18.3 Å². The minimum atomic E-state index is -3.88. The summed E-state index contributed by atoms with van der Waals surface area (Å²) in [7, 11) is -2.49. The Labute approximate surface area is 203 Å². The molecular weight excluding hydrogens is 472 g/mol. The SMILES string of the molecule is CCOc1ccc(S(=O)(=O)N2C[C@@H](C)[C@@H](n3nc(CC(=O)O)c4ccccc43)C2)c(C=NOC)c1. The number of hydrogen-bond acceptors (Lipinski definition) is 7. The molecule has 10 nitrogen and oxygen atoms in total. The third kappa shape index (κ3) is 4.87. The fourth-order valence-corrected chi connectivity index (χ4v) is 6.18. The standard InChI is InChI=1S/C24H28N4O6S/c1-4-34-18-9-10-23(17(11-18)13-25-33-3)35(31,32)27-14-16(2)22(15-27)28-21-8-6-5-7-19(21)20(26-28)12-24(29)30/h5-11,13,16,22H,4,12,14-15H2,1-3H3,(H,29,30)/t16-,22+/m1/s1. The predicted octanol–water partition coefficient (Wildman–Crippen LogP) is 2.92. The molecule has 1 aliphatic heterocycles. The van der Waals surface area contributed by atoms with E-state index < -0.39 is 16.0 Å². The number of aromatic nitrogens is 2. The number of carboxylic acids is 1. The van der Waals surface area contributed by atoms with Crippen molar-refractivity contribution in [2.75, 3.05) is 26.8 Å². The quantitative estimate of drug-likeness (QED) is 0.354. The van der Waals surface area contributed by atoms with Crippen molar-refractivity contribution in [2.45, 2.75) is 31.2 Å². The lowest BCUT2D eigenvalue weighted by Crippen LogP contribution is -2.30. The summed E-state index contributed by atoms with van der Waals surface area (Å²) in [6, 6.07) is 11.9. The molecule has 0 amide bonds. The zero-order valence-corrected chi connectivity index (χ0v) is 20.6. The molecule has 2 heterocycles. The van der Waals surface area contributed by atoms with Gasteiger partial charge < -0.3 is 14.7 Å². The first-order chi connectivity index (χ1) is 16.8. The third-order valence-corrected chi connectivity index (χ3v) is 7.98. The van der Waals surface area contributed by atoms with E-state index in [-0.39, 0.29) is 29.8 Å². The van der Waals surface area contributed by atoms with Crippen LogP contribution >= 0.6 is 0 Å². The lowest BCUT2D eigenvalue weighted by Gasteiger charge is -2.19. The number of para-hydroxylation sites is 1. The van der Waals surface area contributed by atoms with Crippen LogP contribution in [0.15, 0.2) is 52.5 Å². The molecule has 2 atom stereocenters. The van der Waals surface area contributed by atoms with Gasteiger partial charge in [-0.05, 0) is 37.1 Å². The average molecular weight is 501 g/mol. The second kappa shape index (κ2) is 10.0. The Balaban J connectivity index is 1.70. The Morgan fingerprint density at radius 3 is 2.74 bits per heavy atom. The minimum absolute atomic E-state index is 0.0513. The fourth-order valence-electron chi connectivity index (χ4n) is 4.47. The van der Waals surface area contributed by atoms with Crippen LogP contribution in [0, 0.1) is 5.92 Å². The van der Waals surface area contributed by atoms with Gasteiger partial charge in [-0.2, -0.15) is 9.40 Å². The monoisotopic (exact) mass is 500 g/mol. The molecule has 35 heavy (non-hydrogen) atoms. The number of benzene rings is 2. The van der Waals surface area contributed by atoms with E-state index in [1.54, 1.807) is 16.8 Å². The van der Waals surface area contributed by atoms with E-state index in [4.69, 9.17) is 9.57 Å². The molecule has 0 saturated carbocycles. The van der Waals surface area contributed by atoms with Gasteiger partial charge in [-0.15, -0.1) is 0 Å². The van der Waals surface area contributed by atoms with Crippen molar-refractivity contribution in [3.8, 4) is 5.75 Å². The van der Waals surface area contributed by atoms with Crippen LogP contribution in [0.2, 0.25) is 0 Å². The number of nitrogens with zero attached hydrogens (tertiary/aromatic N) is 4. The van der Waals surface area contributed by atoms with Crippen molar-refractivity contribution in [2.24, 2.45) is 11.1 Å². The van der Waals surface area contributed by atoms with Crippen molar-refractivity contribution < 1.29 is 27.9 Å². The van der Waals surface area contributed by atoms with Gasteiger partial charge >= 0.3 is 5.97 Å². The number of sulfonamides is 1. The van der Waals surface area contributed by atoms with Gasteiger partial charge in [-0.1, -0.05) is 30.3 Å². The largest absolute Gasteiger partial charge is 0.494 e. The molecule has 1 saturated heterocycles. The molecule has 2 aromatic carbocycles. The molecule has 0 spiro atoms. The van der Waals surface area contributed by atoms with Gasteiger partial charge in [0.15, 0.2) is 0 Å². The number of carbonyl (C=O) groups is 1. The van der Waals surface area contributed by atoms with E-state index in [2.05, 4.69) is 10.3 Å². The van der Waals surface area contributed by atoms with Crippen molar-refractivity contribution >= 4 is 33.1 Å². The van der Waals surface area contributed by atoms with E-state index in [1.807, 2.05) is 38.1 Å². The number of rotatable bonds is 9. The maximum atomic E-state index is 13.7. The summed E-state index contributed by atoms with van der Waals surface area (Å²) in [6.07, 6.45) is 1.15. The average Bonchev–Trinajstić information content (AvgIpc) is 3.38. The van der Waals surface area contributed by atoms with Crippen molar-refractivity contribution in [3.63, 3.8) is 0 Å². The third-order valence-electron chi connectivity index (χ3n) is 6.07. The highest BCUT2D eigenvalue weighted by Gasteiger charge is 2.40. The molecule has 0 radical (unpaired) electrons. The Morgan fingerprint density at radius 1 is 1.26 bits per heavy atom. The van der Waals surface area contributed by atoms with Crippen molar-refractivity contribution in [1.29, 1.82) is 0 Å². The number of hydrogen-bond donors (Lipinski definition) is 1. The highest BCUT2D eigenvalue weighted by molar-refractivity contribution is 7.89. The summed E-state index contributed by atoms with van der Waals surface area (Å²) < 4.78 is 36.1. The molecule has 1 N–H and O–H groups in total. The Kier molecular flexibility index (Phi) is 7.08. The molecule has 1 fully saturated rings. The summed E-state index contributed by atoms with van der Waals surface area (Å²) in [5, 5.41) is 18.4. The lowest BCUT2D eigenvalue weighted by atomic mass is 10.1. The maximum absolute atomic E-state index is 13.7. The summed E-state index contributed by atoms with van der Waals surface area (Å²) in [5.41, 5.74) is 1.61. The molecule has 3 aromatic rings. The van der Waals surface area contributed by atoms with Gasteiger partial charge in [0, 0.05) is 24.0 Å². The highest BCUT2D eigenvalue weighted by atomic mass is 32.2. The van der Waals surface area contributed by atoms with E-state index in [0.717, 1.165) is 10.9 Å². The van der Waals surface area contributed by atoms with Crippen molar-refractivity contribution in [1.82, 2.24) is 14.1 Å². The van der Waals surface area contributed by atoms with Crippen LogP contribution in [0.3, 0.4) is 0 Å². The number of fused-ring (bicyclic) bond motifs is 1. The van der Waals surface area contributed by atoms with Crippen LogP contribution in [0.5, 0.6) is 5.75 Å². The van der Waals surface area contributed by atoms with Crippen LogP contribution in [0.1, 0.15) is 31.1 Å². The number of oxime groups is 1. The molecule has 0 aliphatic carbocycles. The number of aliphatic carboxylic acids is 1. The molecule has 0 unspecified atom stereocenters. The molecular formula is C24H28N4O6S. The molecule has 186 valence electrons. The fraction of sp³-hybridized carbons (Fsp3) is 0.375. The van der Waals surface area contributed by atoms with Gasteiger partial charge in [0.25, 0.3) is 0 Å². The minimum Gasteiger partial charge on any atom is -0.494 e. The lowest BCUT2D eigenvalue weighted by molar-refractivity contribution is -0.136. The maximum Gasteiger partial charge on any atom is 0.309 e. The van der Waals surface area contributed by atoms with Gasteiger partial charge in [-0.25, -0.2) is 8.42 Å².